The van der Waals surface area contributed by atoms with Crippen LogP contribution in [-0.2, 0) is 10.0 Å². The van der Waals surface area contributed by atoms with Crippen LogP contribution in [0.2, 0.25) is 5.02 Å². The maximum Gasteiger partial charge on any atom is 0.413 e. The Morgan fingerprint density at radius 1 is 1.23 bits per heavy atom. The van der Waals surface area contributed by atoms with E-state index in [1.54, 1.807) is 30.3 Å². The zero-order valence-corrected chi connectivity index (χ0v) is 17.5. The highest BCUT2D eigenvalue weighted by Gasteiger charge is 2.32. The van der Waals surface area contributed by atoms with Crippen LogP contribution in [0.25, 0.3) is 22.1 Å². The molecule has 2 aromatic carbocycles. The summed E-state index contributed by atoms with van der Waals surface area (Å²) in [7, 11) is -2.38. The number of hydrogen-bond donors (Lipinski definition) is 1. The molecule has 0 spiro atoms. The van der Waals surface area contributed by atoms with Gasteiger partial charge in [-0.2, -0.15) is 4.31 Å². The standard InChI is InChI=1S/C20H18ClFN2O5S/c1-23(20(25)26)18-10-14-8-13(9-17(21)19(14)29-18)12-2-4-16(5-3-12)30(27,28)24-7-6-15(22)11-24/h2-5,8-10,15H,6-7,11H2,1H3,(H,25,26). The lowest BCUT2D eigenvalue weighted by molar-refractivity contribution is 0.202. The second-order valence-corrected chi connectivity index (χ2v) is 9.42. The molecule has 1 atom stereocenters. The summed E-state index contributed by atoms with van der Waals surface area (Å²) in [4.78, 5) is 12.2. The van der Waals surface area contributed by atoms with Gasteiger partial charge in [0.2, 0.25) is 15.9 Å². The molecule has 1 aromatic heterocycles. The van der Waals surface area contributed by atoms with Gasteiger partial charge in [0, 0.05) is 31.6 Å². The third-order valence-electron chi connectivity index (χ3n) is 5.09. The molecule has 10 heteroatoms. The number of benzene rings is 2. The molecule has 0 radical (unpaired) electrons. The average Bonchev–Trinajstić information content (AvgIpc) is 3.34. The van der Waals surface area contributed by atoms with Crippen molar-refractivity contribution in [3.05, 3.63) is 47.5 Å². The van der Waals surface area contributed by atoms with Gasteiger partial charge in [-0.3, -0.25) is 4.90 Å². The summed E-state index contributed by atoms with van der Waals surface area (Å²) in [5.41, 5.74) is 1.79. The van der Waals surface area contributed by atoms with Gasteiger partial charge in [-0.25, -0.2) is 17.6 Å². The van der Waals surface area contributed by atoms with Crippen LogP contribution < -0.4 is 4.90 Å². The number of alkyl halides is 1. The predicted molar refractivity (Wildman–Crippen MR) is 111 cm³/mol. The first-order chi connectivity index (χ1) is 14.2. The molecule has 0 aliphatic carbocycles. The number of anilines is 1. The molecule has 1 N–H and O–H groups in total. The quantitative estimate of drug-likeness (QED) is 0.624. The zero-order chi connectivity index (χ0) is 21.6. The first-order valence-electron chi connectivity index (χ1n) is 9.11. The number of nitrogens with zero attached hydrogens (tertiary/aromatic N) is 2. The van der Waals surface area contributed by atoms with Crippen LogP contribution >= 0.6 is 11.6 Å². The summed E-state index contributed by atoms with van der Waals surface area (Å²) in [6.07, 6.45) is -2.09. The van der Waals surface area contributed by atoms with Crippen LogP contribution in [0.5, 0.6) is 0 Å². The van der Waals surface area contributed by atoms with Gasteiger partial charge in [0.05, 0.1) is 9.92 Å². The van der Waals surface area contributed by atoms with Gasteiger partial charge in [-0.15, -0.1) is 0 Å². The number of amides is 1. The fraction of sp³-hybridized carbons (Fsp3) is 0.250. The lowest BCUT2D eigenvalue weighted by Crippen LogP contribution is -2.29. The van der Waals surface area contributed by atoms with Crippen LogP contribution in [0, 0.1) is 0 Å². The minimum atomic E-state index is -3.74. The minimum absolute atomic E-state index is 0.0983. The molecule has 1 unspecified atom stereocenters. The first kappa shape index (κ1) is 20.6. The number of carboxylic acid groups (broad SMARTS) is 1. The van der Waals surface area contributed by atoms with Crippen molar-refractivity contribution in [2.24, 2.45) is 0 Å². The van der Waals surface area contributed by atoms with Gasteiger partial charge in [0.15, 0.2) is 5.58 Å². The van der Waals surface area contributed by atoms with Crippen molar-refractivity contribution in [3.8, 4) is 11.1 Å². The molecule has 0 bridgehead atoms. The van der Waals surface area contributed by atoms with Crippen LogP contribution in [-0.4, -0.2) is 50.2 Å². The molecule has 1 saturated heterocycles. The highest BCUT2D eigenvalue weighted by atomic mass is 35.5. The summed E-state index contributed by atoms with van der Waals surface area (Å²) in [5, 5.41) is 10.0. The Morgan fingerprint density at radius 2 is 1.93 bits per heavy atom. The van der Waals surface area contributed by atoms with E-state index in [1.165, 1.54) is 19.2 Å². The van der Waals surface area contributed by atoms with Gasteiger partial charge < -0.3 is 9.52 Å². The molecule has 3 aromatic rings. The maximum atomic E-state index is 13.4. The van der Waals surface area contributed by atoms with Gasteiger partial charge in [0.25, 0.3) is 0 Å². The topological polar surface area (TPSA) is 91.1 Å². The molecule has 1 amide bonds. The Labute approximate surface area is 177 Å². The maximum absolute atomic E-state index is 13.4. The molecule has 1 aliphatic rings. The van der Waals surface area contributed by atoms with Gasteiger partial charge in [0.1, 0.15) is 6.17 Å². The van der Waals surface area contributed by atoms with E-state index in [2.05, 4.69) is 0 Å². The molecule has 7 nitrogen and oxygen atoms in total. The van der Waals surface area contributed by atoms with Crippen molar-refractivity contribution in [3.63, 3.8) is 0 Å². The van der Waals surface area contributed by atoms with Crippen molar-refractivity contribution in [1.82, 2.24) is 4.31 Å². The number of carbonyl (C=O) groups is 1. The van der Waals surface area contributed by atoms with Crippen molar-refractivity contribution in [2.45, 2.75) is 17.5 Å². The minimum Gasteiger partial charge on any atom is -0.465 e. The lowest BCUT2D eigenvalue weighted by Gasteiger charge is -2.15. The van der Waals surface area contributed by atoms with Gasteiger partial charge >= 0.3 is 6.09 Å². The average molecular weight is 453 g/mol. The van der Waals surface area contributed by atoms with E-state index in [4.69, 9.17) is 21.1 Å². The van der Waals surface area contributed by atoms with Gasteiger partial charge in [-0.1, -0.05) is 23.7 Å². The van der Waals surface area contributed by atoms with Crippen LogP contribution in [0.15, 0.2) is 51.8 Å². The monoisotopic (exact) mass is 452 g/mol. The lowest BCUT2D eigenvalue weighted by atomic mass is 10.0. The van der Waals surface area contributed by atoms with E-state index in [0.29, 0.717) is 21.6 Å². The Morgan fingerprint density at radius 3 is 2.53 bits per heavy atom. The van der Waals surface area contributed by atoms with Crippen LogP contribution in [0.3, 0.4) is 0 Å². The Balaban J connectivity index is 1.66. The largest absolute Gasteiger partial charge is 0.465 e. The fourth-order valence-electron chi connectivity index (χ4n) is 3.40. The van der Waals surface area contributed by atoms with Crippen molar-refractivity contribution < 1.29 is 27.1 Å². The summed E-state index contributed by atoms with van der Waals surface area (Å²) in [5.74, 6) is 0.134. The Kier molecular flexibility index (Phi) is 5.21. The summed E-state index contributed by atoms with van der Waals surface area (Å²) in [6.45, 7) is 0.0507. The number of sulfonamides is 1. The molecule has 1 aliphatic heterocycles. The fourth-order valence-corrected chi connectivity index (χ4v) is 5.14. The molecule has 2 heterocycles. The number of hydrogen-bond acceptors (Lipinski definition) is 4. The van der Waals surface area contributed by atoms with E-state index in [0.717, 1.165) is 14.8 Å². The smallest absolute Gasteiger partial charge is 0.413 e. The molecular formula is C20H18ClFN2O5S. The predicted octanol–water partition coefficient (Wildman–Crippen LogP) is 4.60. The molecule has 1 fully saturated rings. The molecule has 158 valence electrons. The van der Waals surface area contributed by atoms with Crippen molar-refractivity contribution >= 4 is 44.6 Å². The molecule has 4 rings (SSSR count). The summed E-state index contributed by atoms with van der Waals surface area (Å²) < 4.78 is 45.4. The Hall–Kier alpha value is -2.62. The Bertz CT molecular complexity index is 1230. The number of rotatable bonds is 4. The molecule has 0 saturated carbocycles. The molecule has 30 heavy (non-hydrogen) atoms. The highest BCUT2D eigenvalue weighted by molar-refractivity contribution is 7.89. The third-order valence-corrected chi connectivity index (χ3v) is 7.25. The second-order valence-electron chi connectivity index (χ2n) is 7.08. The number of fused-ring (bicyclic) bond motifs is 1. The second kappa shape index (κ2) is 7.57. The van der Waals surface area contributed by atoms with E-state index in [-0.39, 0.29) is 30.3 Å². The summed E-state index contributed by atoms with van der Waals surface area (Å²) in [6, 6.07) is 11.3. The first-order valence-corrected chi connectivity index (χ1v) is 10.9. The summed E-state index contributed by atoms with van der Waals surface area (Å²) >= 11 is 6.32. The third kappa shape index (κ3) is 3.64. The normalized spacial score (nSPS) is 17.5. The number of furan rings is 1. The SMILES string of the molecule is CN(C(=O)O)c1cc2cc(-c3ccc(S(=O)(=O)N4CCC(F)C4)cc3)cc(Cl)c2o1. The van der Waals surface area contributed by atoms with Crippen molar-refractivity contribution in [1.29, 1.82) is 0 Å². The van der Waals surface area contributed by atoms with E-state index < -0.39 is 22.3 Å². The van der Waals surface area contributed by atoms with Crippen LogP contribution in [0.4, 0.5) is 15.1 Å². The van der Waals surface area contributed by atoms with E-state index in [1.807, 2.05) is 0 Å². The highest BCUT2D eigenvalue weighted by Crippen LogP contribution is 2.36. The van der Waals surface area contributed by atoms with E-state index >= 15 is 0 Å². The van der Waals surface area contributed by atoms with E-state index in [9.17, 15) is 17.6 Å². The van der Waals surface area contributed by atoms with Crippen LogP contribution in [0.1, 0.15) is 6.42 Å². The van der Waals surface area contributed by atoms with Gasteiger partial charge in [-0.05, 0) is 41.8 Å². The molecular weight excluding hydrogens is 435 g/mol. The number of halogens is 2. The zero-order valence-electron chi connectivity index (χ0n) is 15.9. The van der Waals surface area contributed by atoms with Crippen molar-refractivity contribution in [2.75, 3.05) is 25.0 Å².